The van der Waals surface area contributed by atoms with E-state index in [1.165, 1.54) is 5.56 Å². The fourth-order valence-electron chi connectivity index (χ4n) is 3.04. The molecule has 2 heterocycles. The Hall–Kier alpha value is -1.55. The molecular formula is C15H20N2O2. The van der Waals surface area contributed by atoms with Gasteiger partial charge < -0.3 is 9.64 Å². The van der Waals surface area contributed by atoms with E-state index in [0.29, 0.717) is 12.6 Å². The number of cyclic esters (lactones) is 1. The van der Waals surface area contributed by atoms with E-state index in [0.717, 1.165) is 25.9 Å². The highest BCUT2D eigenvalue weighted by atomic mass is 16.6. The molecule has 1 atom stereocenters. The lowest BCUT2D eigenvalue weighted by Gasteiger charge is -2.36. The van der Waals surface area contributed by atoms with Crippen molar-refractivity contribution in [2.24, 2.45) is 0 Å². The molecule has 4 heteroatoms. The van der Waals surface area contributed by atoms with Gasteiger partial charge in [-0.25, -0.2) is 4.79 Å². The summed E-state index contributed by atoms with van der Waals surface area (Å²) >= 11 is 0. The first-order valence-corrected chi connectivity index (χ1v) is 6.94. The Morgan fingerprint density at radius 2 is 1.84 bits per heavy atom. The van der Waals surface area contributed by atoms with Crippen LogP contribution in [0.4, 0.5) is 4.79 Å². The zero-order valence-electron chi connectivity index (χ0n) is 11.3. The van der Waals surface area contributed by atoms with Crippen LogP contribution in [0.25, 0.3) is 0 Å². The number of rotatable bonds is 2. The molecule has 102 valence electrons. The molecule has 2 aliphatic rings. The number of ether oxygens (including phenoxy) is 1. The molecule has 1 aromatic rings. The first-order valence-electron chi connectivity index (χ1n) is 6.94. The fourth-order valence-corrected chi connectivity index (χ4v) is 3.04. The highest BCUT2D eigenvalue weighted by molar-refractivity contribution is 5.71. The van der Waals surface area contributed by atoms with E-state index < -0.39 is 0 Å². The summed E-state index contributed by atoms with van der Waals surface area (Å²) in [5.74, 6) is 0. The number of likely N-dealkylation sites (tertiary alicyclic amines) is 1. The molecule has 2 saturated heterocycles. The van der Waals surface area contributed by atoms with E-state index in [-0.39, 0.29) is 12.1 Å². The van der Waals surface area contributed by atoms with Crippen LogP contribution in [-0.2, 0) is 4.74 Å². The lowest BCUT2D eigenvalue weighted by molar-refractivity contribution is 0.115. The second-order valence-electron chi connectivity index (χ2n) is 5.45. The Balaban J connectivity index is 1.79. The maximum atomic E-state index is 12.0. The lowest BCUT2D eigenvalue weighted by atomic mass is 9.99. The summed E-state index contributed by atoms with van der Waals surface area (Å²) in [6.07, 6.45) is 1.92. The Morgan fingerprint density at radius 3 is 2.53 bits per heavy atom. The second kappa shape index (κ2) is 5.21. The van der Waals surface area contributed by atoms with Crippen molar-refractivity contribution in [2.75, 3.05) is 26.7 Å². The number of hydrogen-bond acceptors (Lipinski definition) is 3. The first-order chi connectivity index (χ1) is 9.25. The van der Waals surface area contributed by atoms with Gasteiger partial charge >= 0.3 is 6.09 Å². The van der Waals surface area contributed by atoms with E-state index in [9.17, 15) is 4.79 Å². The van der Waals surface area contributed by atoms with Gasteiger partial charge in [0.15, 0.2) is 0 Å². The summed E-state index contributed by atoms with van der Waals surface area (Å²) in [5, 5.41) is 0. The largest absolute Gasteiger partial charge is 0.447 e. The van der Waals surface area contributed by atoms with Crippen LogP contribution >= 0.6 is 0 Å². The van der Waals surface area contributed by atoms with Gasteiger partial charge in [-0.15, -0.1) is 0 Å². The van der Waals surface area contributed by atoms with Crippen molar-refractivity contribution in [2.45, 2.75) is 24.9 Å². The summed E-state index contributed by atoms with van der Waals surface area (Å²) in [7, 11) is 2.13. The van der Waals surface area contributed by atoms with Gasteiger partial charge in [0.1, 0.15) is 6.61 Å². The van der Waals surface area contributed by atoms with Crippen LogP contribution in [0.15, 0.2) is 30.3 Å². The summed E-state index contributed by atoms with van der Waals surface area (Å²) in [6, 6.07) is 10.6. The van der Waals surface area contributed by atoms with Crippen molar-refractivity contribution in [3.8, 4) is 0 Å². The van der Waals surface area contributed by atoms with Gasteiger partial charge in [-0.3, -0.25) is 4.90 Å². The molecule has 0 bridgehead atoms. The molecule has 3 rings (SSSR count). The van der Waals surface area contributed by atoms with Crippen LogP contribution in [0, 0.1) is 0 Å². The minimum absolute atomic E-state index is 0.0853. The molecule has 0 N–H and O–H groups in total. The number of piperidine rings is 1. The fraction of sp³-hybridized carbons (Fsp3) is 0.533. The first kappa shape index (κ1) is 12.5. The lowest BCUT2D eigenvalue weighted by Crippen LogP contribution is -2.45. The highest BCUT2D eigenvalue weighted by Crippen LogP contribution is 2.32. The van der Waals surface area contributed by atoms with Crippen LogP contribution in [0.5, 0.6) is 0 Å². The van der Waals surface area contributed by atoms with Crippen LogP contribution in [0.3, 0.4) is 0 Å². The zero-order chi connectivity index (χ0) is 13.2. The molecule has 0 radical (unpaired) electrons. The Bertz CT molecular complexity index is 441. The molecule has 4 nitrogen and oxygen atoms in total. The van der Waals surface area contributed by atoms with Gasteiger partial charge in [-0.05, 0) is 38.5 Å². The zero-order valence-corrected chi connectivity index (χ0v) is 11.3. The average Bonchev–Trinajstić information content (AvgIpc) is 2.83. The Labute approximate surface area is 113 Å². The Morgan fingerprint density at radius 1 is 1.16 bits per heavy atom. The van der Waals surface area contributed by atoms with Gasteiger partial charge in [-0.1, -0.05) is 30.3 Å². The normalized spacial score (nSPS) is 25.6. The molecule has 1 amide bonds. The van der Waals surface area contributed by atoms with E-state index in [4.69, 9.17) is 4.74 Å². The molecule has 0 aliphatic carbocycles. The van der Waals surface area contributed by atoms with E-state index in [2.05, 4.69) is 24.1 Å². The Kier molecular flexibility index (Phi) is 3.42. The smallest absolute Gasteiger partial charge is 0.410 e. The van der Waals surface area contributed by atoms with E-state index in [1.54, 1.807) is 0 Å². The number of amides is 1. The van der Waals surface area contributed by atoms with Crippen molar-refractivity contribution in [1.82, 2.24) is 9.80 Å². The van der Waals surface area contributed by atoms with Crippen molar-refractivity contribution in [3.05, 3.63) is 35.9 Å². The van der Waals surface area contributed by atoms with Gasteiger partial charge in [0.05, 0.1) is 6.04 Å². The second-order valence-corrected chi connectivity index (χ2v) is 5.45. The number of nitrogens with zero attached hydrogens (tertiary/aromatic N) is 2. The molecule has 19 heavy (non-hydrogen) atoms. The third-order valence-electron chi connectivity index (χ3n) is 4.18. The predicted molar refractivity (Wildman–Crippen MR) is 72.9 cm³/mol. The number of benzene rings is 1. The van der Waals surface area contributed by atoms with Crippen LogP contribution in [0.2, 0.25) is 0 Å². The molecule has 0 spiro atoms. The minimum atomic E-state index is -0.150. The quantitative estimate of drug-likeness (QED) is 0.818. The third kappa shape index (κ3) is 2.45. The van der Waals surface area contributed by atoms with Gasteiger partial charge in [0.2, 0.25) is 0 Å². The molecule has 0 aromatic heterocycles. The number of hydrogen-bond donors (Lipinski definition) is 0. The SMILES string of the molecule is CN1CCC(N2C(=O)OCC2c2ccccc2)CC1. The molecular weight excluding hydrogens is 240 g/mol. The van der Waals surface area contributed by atoms with Crippen LogP contribution in [-0.4, -0.2) is 48.7 Å². The average molecular weight is 260 g/mol. The minimum Gasteiger partial charge on any atom is -0.447 e. The summed E-state index contributed by atoms with van der Waals surface area (Å²) in [6.45, 7) is 2.58. The molecule has 2 fully saturated rings. The summed E-state index contributed by atoms with van der Waals surface area (Å²) in [5.41, 5.74) is 1.17. The predicted octanol–water partition coefficient (Wildman–Crippen LogP) is 2.27. The standard InChI is InChI=1S/C15H20N2O2/c1-16-9-7-13(8-10-16)17-14(11-19-15(17)18)12-5-3-2-4-6-12/h2-6,13-14H,7-11H2,1H3. The molecule has 1 aromatic carbocycles. The van der Waals surface area contributed by atoms with Crippen molar-refractivity contribution >= 4 is 6.09 Å². The highest BCUT2D eigenvalue weighted by Gasteiger charge is 2.39. The number of carbonyl (C=O) groups is 1. The van der Waals surface area contributed by atoms with Crippen molar-refractivity contribution < 1.29 is 9.53 Å². The molecule has 2 aliphatic heterocycles. The van der Waals surface area contributed by atoms with Gasteiger partial charge in [-0.2, -0.15) is 0 Å². The number of carbonyl (C=O) groups excluding carboxylic acids is 1. The van der Waals surface area contributed by atoms with E-state index in [1.807, 2.05) is 23.1 Å². The van der Waals surface area contributed by atoms with E-state index >= 15 is 0 Å². The topological polar surface area (TPSA) is 32.8 Å². The van der Waals surface area contributed by atoms with Gasteiger partial charge in [0, 0.05) is 6.04 Å². The van der Waals surface area contributed by atoms with Crippen molar-refractivity contribution in [3.63, 3.8) is 0 Å². The third-order valence-corrected chi connectivity index (χ3v) is 4.18. The maximum Gasteiger partial charge on any atom is 0.410 e. The summed E-state index contributed by atoms with van der Waals surface area (Å²) in [4.78, 5) is 16.3. The summed E-state index contributed by atoms with van der Waals surface area (Å²) < 4.78 is 5.29. The monoisotopic (exact) mass is 260 g/mol. The van der Waals surface area contributed by atoms with Crippen LogP contribution < -0.4 is 0 Å². The molecule has 1 unspecified atom stereocenters. The maximum absolute atomic E-state index is 12.0. The van der Waals surface area contributed by atoms with Crippen LogP contribution in [0.1, 0.15) is 24.4 Å². The van der Waals surface area contributed by atoms with Gasteiger partial charge in [0.25, 0.3) is 0 Å². The molecule has 0 saturated carbocycles. The van der Waals surface area contributed by atoms with Crippen molar-refractivity contribution in [1.29, 1.82) is 0 Å².